The Kier molecular flexibility index (Phi) is 3.36. The Labute approximate surface area is 94.6 Å². The topological polar surface area (TPSA) is 6.48 Å². The Morgan fingerprint density at radius 1 is 1.00 bits per heavy atom. The van der Waals surface area contributed by atoms with Gasteiger partial charge in [0.1, 0.15) is 0 Å². The van der Waals surface area contributed by atoms with Crippen molar-refractivity contribution in [3.05, 3.63) is 0 Å². The Hall–Kier alpha value is -0.0800. The Bertz CT molecular complexity index is 211. The van der Waals surface area contributed by atoms with Crippen LogP contribution in [0.4, 0.5) is 0 Å². The van der Waals surface area contributed by atoms with Gasteiger partial charge in [-0.25, -0.2) is 0 Å². The first-order valence-electron chi connectivity index (χ1n) is 6.53. The van der Waals surface area contributed by atoms with Crippen molar-refractivity contribution in [2.45, 2.75) is 44.6 Å². The van der Waals surface area contributed by atoms with Crippen molar-refractivity contribution >= 4 is 0 Å². The number of piperazine rings is 1. The van der Waals surface area contributed by atoms with Crippen LogP contribution in [-0.4, -0.2) is 49.1 Å². The smallest absolute Gasteiger partial charge is 0.0333 e. The molecular weight excluding hydrogens is 184 g/mol. The van der Waals surface area contributed by atoms with E-state index in [9.17, 15) is 0 Å². The van der Waals surface area contributed by atoms with Crippen LogP contribution < -0.4 is 0 Å². The molecule has 1 aliphatic carbocycles. The number of hydrogen-bond acceptors (Lipinski definition) is 2. The van der Waals surface area contributed by atoms with Gasteiger partial charge in [0.15, 0.2) is 0 Å². The van der Waals surface area contributed by atoms with Gasteiger partial charge >= 0.3 is 0 Å². The van der Waals surface area contributed by atoms with Gasteiger partial charge in [-0.1, -0.05) is 19.3 Å². The quantitative estimate of drug-likeness (QED) is 0.655. The fourth-order valence-electron chi connectivity index (χ4n) is 3.49. The van der Waals surface area contributed by atoms with Crippen LogP contribution in [0.3, 0.4) is 0 Å². The highest BCUT2D eigenvalue weighted by molar-refractivity contribution is 4.97. The Balaban J connectivity index is 2.07. The summed E-state index contributed by atoms with van der Waals surface area (Å²) in [5.74, 6) is 0.930. The van der Waals surface area contributed by atoms with E-state index in [1.165, 1.54) is 51.7 Å². The molecule has 1 unspecified atom stereocenters. The molecule has 2 heteroatoms. The summed E-state index contributed by atoms with van der Waals surface area (Å²) in [6.45, 7) is 6.22. The molecule has 0 aromatic rings. The molecule has 0 amide bonds. The normalized spacial score (nSPS) is 37.0. The first kappa shape index (κ1) is 11.4. The van der Waals surface area contributed by atoms with Gasteiger partial charge in [0.25, 0.3) is 0 Å². The second-order valence-electron chi connectivity index (χ2n) is 5.85. The van der Waals surface area contributed by atoms with E-state index in [2.05, 4.69) is 30.8 Å². The maximum absolute atomic E-state index is 2.61. The summed E-state index contributed by atoms with van der Waals surface area (Å²) >= 11 is 0. The van der Waals surface area contributed by atoms with Crippen LogP contribution in [0.15, 0.2) is 0 Å². The Morgan fingerprint density at radius 3 is 2.33 bits per heavy atom. The molecular formula is C13H26N2. The molecule has 0 spiro atoms. The molecule has 0 aromatic carbocycles. The third-order valence-electron chi connectivity index (χ3n) is 4.76. The van der Waals surface area contributed by atoms with Gasteiger partial charge < -0.3 is 4.90 Å². The minimum absolute atomic E-state index is 0.438. The first-order valence-corrected chi connectivity index (χ1v) is 6.53. The predicted molar refractivity (Wildman–Crippen MR) is 65.1 cm³/mol. The van der Waals surface area contributed by atoms with Crippen molar-refractivity contribution in [2.75, 3.05) is 33.7 Å². The third-order valence-corrected chi connectivity index (χ3v) is 4.76. The van der Waals surface area contributed by atoms with Gasteiger partial charge in [-0.15, -0.1) is 0 Å². The molecule has 1 heterocycles. The summed E-state index contributed by atoms with van der Waals surface area (Å²) < 4.78 is 0. The maximum Gasteiger partial charge on any atom is 0.0333 e. The molecule has 1 saturated heterocycles. The lowest BCUT2D eigenvalue weighted by molar-refractivity contribution is -0.0152. The van der Waals surface area contributed by atoms with Gasteiger partial charge in [0.2, 0.25) is 0 Å². The molecule has 88 valence electrons. The monoisotopic (exact) mass is 210 g/mol. The van der Waals surface area contributed by atoms with E-state index in [1.54, 1.807) is 0 Å². The van der Waals surface area contributed by atoms with Gasteiger partial charge in [-0.05, 0) is 39.8 Å². The van der Waals surface area contributed by atoms with Gasteiger partial charge in [0.05, 0.1) is 0 Å². The number of nitrogens with zero attached hydrogens (tertiary/aromatic N) is 2. The molecule has 1 atom stereocenters. The fraction of sp³-hybridized carbons (Fsp3) is 1.00. The summed E-state index contributed by atoms with van der Waals surface area (Å²) in [6, 6.07) is 0. The summed E-state index contributed by atoms with van der Waals surface area (Å²) in [7, 11) is 4.59. The first-order chi connectivity index (χ1) is 7.13. The van der Waals surface area contributed by atoms with E-state index in [4.69, 9.17) is 0 Å². The molecule has 0 radical (unpaired) electrons. The molecule has 2 fully saturated rings. The number of likely N-dealkylation sites (N-methyl/N-ethyl adjacent to an activating group) is 2. The van der Waals surface area contributed by atoms with E-state index < -0.39 is 0 Å². The minimum atomic E-state index is 0.438. The van der Waals surface area contributed by atoms with Crippen LogP contribution in [0.5, 0.6) is 0 Å². The van der Waals surface area contributed by atoms with Crippen LogP contribution in [-0.2, 0) is 0 Å². The highest BCUT2D eigenvalue weighted by Crippen LogP contribution is 2.37. The highest BCUT2D eigenvalue weighted by atomic mass is 15.3. The van der Waals surface area contributed by atoms with E-state index in [1.807, 2.05) is 0 Å². The maximum atomic E-state index is 2.61. The zero-order chi connectivity index (χ0) is 10.9. The van der Waals surface area contributed by atoms with Crippen LogP contribution in [0.25, 0.3) is 0 Å². The van der Waals surface area contributed by atoms with E-state index in [0.717, 1.165) is 5.92 Å². The van der Waals surface area contributed by atoms with E-state index >= 15 is 0 Å². The zero-order valence-electron chi connectivity index (χ0n) is 10.6. The van der Waals surface area contributed by atoms with Crippen molar-refractivity contribution in [1.82, 2.24) is 9.80 Å². The van der Waals surface area contributed by atoms with E-state index in [-0.39, 0.29) is 0 Å². The number of rotatable bonds is 1. The van der Waals surface area contributed by atoms with Crippen LogP contribution in [0, 0.1) is 5.92 Å². The standard InChI is InChI=1S/C13H26N2/c1-13(12-7-5-4-6-8-12)11-14(2)9-10-15(13)3/h12H,4-11H2,1-3H3. The molecule has 2 nitrogen and oxygen atoms in total. The number of hydrogen-bond donors (Lipinski definition) is 0. The van der Waals surface area contributed by atoms with Crippen molar-refractivity contribution in [1.29, 1.82) is 0 Å². The summed E-state index contributed by atoms with van der Waals surface area (Å²) in [4.78, 5) is 5.12. The fourth-order valence-corrected chi connectivity index (χ4v) is 3.49. The molecule has 0 bridgehead atoms. The molecule has 0 aromatic heterocycles. The Morgan fingerprint density at radius 2 is 1.67 bits per heavy atom. The average Bonchev–Trinajstić information content (AvgIpc) is 2.25. The van der Waals surface area contributed by atoms with Crippen molar-refractivity contribution < 1.29 is 0 Å². The molecule has 15 heavy (non-hydrogen) atoms. The SMILES string of the molecule is CN1CCN(C)C(C)(C2CCCCC2)C1. The molecule has 0 N–H and O–H groups in total. The van der Waals surface area contributed by atoms with Gasteiger partial charge in [-0.2, -0.15) is 0 Å². The molecule has 2 aliphatic rings. The third kappa shape index (κ3) is 2.21. The van der Waals surface area contributed by atoms with Crippen molar-refractivity contribution in [3.63, 3.8) is 0 Å². The molecule has 1 saturated carbocycles. The zero-order valence-corrected chi connectivity index (χ0v) is 10.6. The van der Waals surface area contributed by atoms with E-state index in [0.29, 0.717) is 5.54 Å². The average molecular weight is 210 g/mol. The van der Waals surface area contributed by atoms with Gasteiger partial charge in [0, 0.05) is 25.2 Å². The molecule has 2 rings (SSSR count). The van der Waals surface area contributed by atoms with Crippen LogP contribution in [0.1, 0.15) is 39.0 Å². The van der Waals surface area contributed by atoms with Crippen LogP contribution >= 0.6 is 0 Å². The van der Waals surface area contributed by atoms with Gasteiger partial charge in [-0.3, -0.25) is 4.90 Å². The van der Waals surface area contributed by atoms with Crippen molar-refractivity contribution in [2.24, 2.45) is 5.92 Å². The lowest BCUT2D eigenvalue weighted by Gasteiger charge is -2.52. The van der Waals surface area contributed by atoms with Crippen molar-refractivity contribution in [3.8, 4) is 0 Å². The largest absolute Gasteiger partial charge is 0.303 e. The lowest BCUT2D eigenvalue weighted by Crippen LogP contribution is -2.62. The predicted octanol–water partition coefficient (Wildman–Crippen LogP) is 2.20. The second-order valence-corrected chi connectivity index (χ2v) is 5.85. The minimum Gasteiger partial charge on any atom is -0.303 e. The lowest BCUT2D eigenvalue weighted by atomic mass is 9.74. The molecule has 1 aliphatic heterocycles. The summed E-state index contributed by atoms with van der Waals surface area (Å²) in [6.07, 6.45) is 7.28. The summed E-state index contributed by atoms with van der Waals surface area (Å²) in [5, 5.41) is 0. The van der Waals surface area contributed by atoms with Crippen LogP contribution in [0.2, 0.25) is 0 Å². The highest BCUT2D eigenvalue weighted by Gasteiger charge is 2.41. The second kappa shape index (κ2) is 4.42. The summed E-state index contributed by atoms with van der Waals surface area (Å²) in [5.41, 5.74) is 0.438.